The van der Waals surface area contributed by atoms with Crippen molar-refractivity contribution >= 4 is 23.4 Å². The van der Waals surface area contributed by atoms with Gasteiger partial charge < -0.3 is 14.3 Å². The monoisotopic (exact) mass is 382 g/mol. The van der Waals surface area contributed by atoms with E-state index < -0.39 is 0 Å². The Labute approximate surface area is 162 Å². The smallest absolute Gasteiger partial charge is 0.291 e. The van der Waals surface area contributed by atoms with Gasteiger partial charge in [0.15, 0.2) is 10.9 Å². The third-order valence-corrected chi connectivity index (χ3v) is 6.08. The molecule has 1 aliphatic carbocycles. The van der Waals surface area contributed by atoms with Crippen LogP contribution in [0.4, 0.5) is 5.69 Å². The molecule has 2 heterocycles. The summed E-state index contributed by atoms with van der Waals surface area (Å²) in [5, 5.41) is 12.1. The lowest BCUT2D eigenvalue weighted by Crippen LogP contribution is -2.14. The van der Waals surface area contributed by atoms with Crippen LogP contribution in [0.5, 0.6) is 0 Å². The lowest BCUT2D eigenvalue weighted by molar-refractivity contribution is 0.0995. The zero-order chi connectivity index (χ0) is 18.8. The van der Waals surface area contributed by atoms with E-state index in [4.69, 9.17) is 4.42 Å². The van der Waals surface area contributed by atoms with Crippen molar-refractivity contribution in [3.63, 3.8) is 0 Å². The van der Waals surface area contributed by atoms with Gasteiger partial charge in [0.2, 0.25) is 0 Å². The highest BCUT2D eigenvalue weighted by Gasteiger charge is 2.22. The predicted octanol–water partition coefficient (Wildman–Crippen LogP) is 4.39. The summed E-state index contributed by atoms with van der Waals surface area (Å²) in [5.74, 6) is 0.278. The average molecular weight is 382 g/mol. The maximum absolute atomic E-state index is 12.7. The Hall–Kier alpha value is -2.54. The molecule has 1 aliphatic rings. The Kier molecular flexibility index (Phi) is 5.03. The molecular weight excluding hydrogens is 360 g/mol. The van der Waals surface area contributed by atoms with Crippen LogP contribution >= 0.6 is 11.8 Å². The van der Waals surface area contributed by atoms with Gasteiger partial charge in [-0.05, 0) is 55.9 Å². The third-order valence-electron chi connectivity index (χ3n) is 4.88. The number of hydrogen-bond donors (Lipinski definition) is 1. The Balaban J connectivity index is 1.48. The van der Waals surface area contributed by atoms with E-state index in [1.54, 1.807) is 24.4 Å². The van der Waals surface area contributed by atoms with Crippen molar-refractivity contribution in [3.8, 4) is 0 Å². The molecule has 1 aromatic carbocycles. The number of hydrogen-bond acceptors (Lipinski definition) is 5. The summed E-state index contributed by atoms with van der Waals surface area (Å²) in [6.07, 6.45) is 7.61. The maximum atomic E-state index is 12.7. The lowest BCUT2D eigenvalue weighted by atomic mass is 9.94. The first kappa shape index (κ1) is 17.9. The molecular formula is C20H22N4O2S. The number of aryl methyl sites for hydroxylation is 2. The number of thioether (sulfide) groups is 1. The number of anilines is 1. The first-order valence-electron chi connectivity index (χ1n) is 9.13. The van der Waals surface area contributed by atoms with Crippen molar-refractivity contribution in [1.82, 2.24) is 14.8 Å². The Morgan fingerprint density at radius 3 is 3.00 bits per heavy atom. The largest absolute Gasteiger partial charge is 0.459 e. The van der Waals surface area contributed by atoms with Crippen LogP contribution in [-0.2, 0) is 19.9 Å². The average Bonchev–Trinajstić information content (AvgIpc) is 3.28. The molecule has 1 unspecified atom stereocenters. The molecule has 0 spiro atoms. The molecule has 2 aromatic heterocycles. The Bertz CT molecular complexity index is 963. The molecule has 7 heteroatoms. The molecule has 1 amide bonds. The number of amides is 1. The summed E-state index contributed by atoms with van der Waals surface area (Å²) in [7, 11) is 1.93. The number of nitrogens with one attached hydrogen (secondary N) is 1. The molecule has 6 nitrogen and oxygen atoms in total. The lowest BCUT2D eigenvalue weighted by Gasteiger charge is -2.13. The fraction of sp³-hybridized carbons (Fsp3) is 0.350. The van der Waals surface area contributed by atoms with E-state index in [2.05, 4.69) is 28.5 Å². The van der Waals surface area contributed by atoms with Crippen molar-refractivity contribution in [2.24, 2.45) is 7.05 Å². The normalized spacial score (nSPS) is 14.6. The summed E-state index contributed by atoms with van der Waals surface area (Å²) in [5.41, 5.74) is 4.13. The standard InChI is InChI=1S/C20H22N4O2S/c1-13(27-20-23-21-12-24(20)2)14-7-5-8-16(10-14)22-19(25)18-17-9-4-3-6-15(17)11-26-18/h5,7-8,10-13H,3-4,6,9H2,1-2H3,(H,22,25). The van der Waals surface area contributed by atoms with Gasteiger partial charge in [-0.3, -0.25) is 4.79 Å². The van der Waals surface area contributed by atoms with Gasteiger partial charge in [-0.1, -0.05) is 23.9 Å². The fourth-order valence-corrected chi connectivity index (χ4v) is 4.28. The molecule has 1 N–H and O–H groups in total. The van der Waals surface area contributed by atoms with Crippen LogP contribution < -0.4 is 5.32 Å². The van der Waals surface area contributed by atoms with Gasteiger partial charge in [0.1, 0.15) is 6.33 Å². The molecule has 0 saturated carbocycles. The molecule has 0 aliphatic heterocycles. The number of carbonyl (C=O) groups is 1. The summed E-state index contributed by atoms with van der Waals surface area (Å²) < 4.78 is 7.47. The van der Waals surface area contributed by atoms with E-state index in [0.29, 0.717) is 5.76 Å². The number of rotatable bonds is 5. The molecule has 0 bridgehead atoms. The van der Waals surface area contributed by atoms with Gasteiger partial charge in [0.05, 0.1) is 6.26 Å². The molecule has 0 fully saturated rings. The first-order chi connectivity index (χ1) is 13.1. The van der Waals surface area contributed by atoms with E-state index >= 15 is 0 Å². The quantitative estimate of drug-likeness (QED) is 0.663. The minimum Gasteiger partial charge on any atom is -0.459 e. The summed E-state index contributed by atoms with van der Waals surface area (Å²) in [4.78, 5) is 12.7. The highest BCUT2D eigenvalue weighted by Crippen LogP contribution is 2.34. The second kappa shape index (κ2) is 7.60. The van der Waals surface area contributed by atoms with Crippen LogP contribution in [0.1, 0.15) is 52.3 Å². The molecule has 0 radical (unpaired) electrons. The molecule has 0 saturated heterocycles. The molecule has 4 rings (SSSR count). The van der Waals surface area contributed by atoms with Gasteiger partial charge in [-0.25, -0.2) is 0 Å². The molecule has 3 aromatic rings. The van der Waals surface area contributed by atoms with Crippen molar-refractivity contribution in [1.29, 1.82) is 0 Å². The van der Waals surface area contributed by atoms with Gasteiger partial charge in [0.25, 0.3) is 5.91 Å². The second-order valence-electron chi connectivity index (χ2n) is 6.84. The number of aromatic nitrogens is 3. The first-order valence-corrected chi connectivity index (χ1v) is 10.0. The van der Waals surface area contributed by atoms with Gasteiger partial charge in [0, 0.05) is 23.5 Å². The topological polar surface area (TPSA) is 73.0 Å². The Morgan fingerprint density at radius 2 is 2.19 bits per heavy atom. The summed E-state index contributed by atoms with van der Waals surface area (Å²) >= 11 is 1.63. The highest BCUT2D eigenvalue weighted by atomic mass is 32.2. The number of benzene rings is 1. The van der Waals surface area contributed by atoms with Crippen molar-refractivity contribution in [2.75, 3.05) is 5.32 Å². The van der Waals surface area contributed by atoms with Crippen molar-refractivity contribution < 1.29 is 9.21 Å². The van der Waals surface area contributed by atoms with Crippen LogP contribution in [0.15, 0.2) is 46.4 Å². The SMILES string of the molecule is CC(Sc1nncn1C)c1cccc(NC(=O)c2occ3c2CCCC3)c1. The highest BCUT2D eigenvalue weighted by molar-refractivity contribution is 7.99. The molecule has 27 heavy (non-hydrogen) atoms. The summed E-state index contributed by atoms with van der Waals surface area (Å²) in [6, 6.07) is 7.91. The maximum Gasteiger partial charge on any atom is 0.291 e. The van der Waals surface area contributed by atoms with Gasteiger partial charge in [-0.15, -0.1) is 10.2 Å². The molecule has 1 atom stereocenters. The van der Waals surface area contributed by atoms with E-state index in [-0.39, 0.29) is 11.2 Å². The van der Waals surface area contributed by atoms with E-state index in [1.165, 1.54) is 5.56 Å². The van der Waals surface area contributed by atoms with Crippen molar-refractivity contribution in [2.45, 2.75) is 43.0 Å². The zero-order valence-electron chi connectivity index (χ0n) is 15.4. The molecule has 140 valence electrons. The van der Waals surface area contributed by atoms with E-state index in [9.17, 15) is 4.79 Å². The van der Waals surface area contributed by atoms with Crippen molar-refractivity contribution in [3.05, 3.63) is 59.3 Å². The number of fused-ring (bicyclic) bond motifs is 1. The summed E-state index contributed by atoms with van der Waals surface area (Å²) in [6.45, 7) is 2.11. The van der Waals surface area contributed by atoms with E-state index in [0.717, 1.165) is 47.7 Å². The van der Waals surface area contributed by atoms with Crippen LogP contribution in [0, 0.1) is 0 Å². The van der Waals surface area contributed by atoms with Crippen LogP contribution in [0.2, 0.25) is 0 Å². The number of furan rings is 1. The zero-order valence-corrected chi connectivity index (χ0v) is 16.3. The number of nitrogens with zero attached hydrogens (tertiary/aromatic N) is 3. The Morgan fingerprint density at radius 1 is 1.33 bits per heavy atom. The van der Waals surface area contributed by atoms with Crippen LogP contribution in [0.3, 0.4) is 0 Å². The van der Waals surface area contributed by atoms with Gasteiger partial charge in [-0.2, -0.15) is 0 Å². The third kappa shape index (κ3) is 3.78. The fourth-order valence-electron chi connectivity index (χ4n) is 3.37. The predicted molar refractivity (Wildman–Crippen MR) is 105 cm³/mol. The second-order valence-corrected chi connectivity index (χ2v) is 8.15. The van der Waals surface area contributed by atoms with E-state index in [1.807, 2.05) is 29.8 Å². The minimum absolute atomic E-state index is 0.177. The van der Waals surface area contributed by atoms with Crippen LogP contribution in [0.25, 0.3) is 0 Å². The van der Waals surface area contributed by atoms with Crippen LogP contribution in [-0.4, -0.2) is 20.7 Å². The number of carbonyl (C=O) groups excluding carboxylic acids is 1. The minimum atomic E-state index is -0.177. The van der Waals surface area contributed by atoms with Gasteiger partial charge >= 0.3 is 0 Å².